The summed E-state index contributed by atoms with van der Waals surface area (Å²) in [6.07, 6.45) is 0. The van der Waals surface area contributed by atoms with Crippen LogP contribution >= 0.6 is 11.3 Å². The quantitative estimate of drug-likeness (QED) is 0.359. The Bertz CT molecular complexity index is 247. The van der Waals surface area contributed by atoms with Crippen LogP contribution in [0.25, 0.3) is 0 Å². The first-order chi connectivity index (χ1) is 4.68. The molecule has 0 aromatic carbocycles. The van der Waals surface area contributed by atoms with Crippen molar-refractivity contribution in [1.82, 2.24) is 10.2 Å². The molecular weight excluding hydrogens is 152 g/mol. The van der Waals surface area contributed by atoms with E-state index in [0.29, 0.717) is 10.3 Å². The lowest BCUT2D eigenvalue weighted by Gasteiger charge is -1.83. The first-order valence-electron chi connectivity index (χ1n) is 2.37. The second-order valence-electron chi connectivity index (χ2n) is 1.46. The summed E-state index contributed by atoms with van der Waals surface area (Å²) in [5, 5.41) is 7.77. The summed E-state index contributed by atoms with van der Waals surface area (Å²) in [4.78, 5) is 3.62. The summed E-state index contributed by atoms with van der Waals surface area (Å²) in [7, 11) is 0. The van der Waals surface area contributed by atoms with E-state index in [1.807, 2.05) is 0 Å². The molecule has 0 radical (unpaired) electrons. The maximum atomic E-state index is 5.25. The number of aromatic nitrogens is 2. The fraction of sp³-hybridized carbons (Fsp3) is 0. The Morgan fingerprint density at radius 1 is 1.40 bits per heavy atom. The number of hydrogen-bond donors (Lipinski definition) is 3. The fourth-order valence-corrected chi connectivity index (χ4v) is 0.883. The van der Waals surface area contributed by atoms with Crippen molar-refractivity contribution >= 4 is 27.6 Å². The number of anilines is 1. The zero-order valence-corrected chi connectivity index (χ0v) is 5.80. The number of aliphatic imine (C=N–C) groups is 1. The normalized spacial score (nSPS) is 9.20. The average Bonchev–Trinajstić information content (AvgIpc) is 2.13. The number of hydrogen-bond acceptors (Lipinski definition) is 5. The highest BCUT2D eigenvalue weighted by Gasteiger charge is 1.96. The summed E-state index contributed by atoms with van der Waals surface area (Å²) >= 11 is 1.12. The topological polar surface area (TPSA) is 116 Å². The van der Waals surface area contributed by atoms with E-state index in [2.05, 4.69) is 15.2 Å². The molecule has 0 aliphatic rings. The summed E-state index contributed by atoms with van der Waals surface area (Å²) in [6, 6.07) is 0. The number of nitrogen functional groups attached to an aromatic ring is 1. The van der Waals surface area contributed by atoms with Gasteiger partial charge >= 0.3 is 0 Å². The van der Waals surface area contributed by atoms with Crippen molar-refractivity contribution in [2.75, 3.05) is 5.73 Å². The van der Waals surface area contributed by atoms with Crippen LogP contribution in [0.3, 0.4) is 0 Å². The van der Waals surface area contributed by atoms with Crippen LogP contribution in [0.5, 0.6) is 0 Å². The highest BCUT2D eigenvalue weighted by Crippen LogP contribution is 2.18. The van der Waals surface area contributed by atoms with Crippen molar-refractivity contribution in [2.24, 2.45) is 16.5 Å². The molecule has 0 atom stereocenters. The highest BCUT2D eigenvalue weighted by atomic mass is 32.1. The van der Waals surface area contributed by atoms with Gasteiger partial charge in [0.25, 0.3) is 0 Å². The van der Waals surface area contributed by atoms with E-state index >= 15 is 0 Å². The van der Waals surface area contributed by atoms with Crippen LogP contribution < -0.4 is 17.2 Å². The summed E-state index contributed by atoms with van der Waals surface area (Å²) in [5.41, 5.74) is 15.4. The molecule has 0 aliphatic heterocycles. The molecule has 0 fully saturated rings. The van der Waals surface area contributed by atoms with Gasteiger partial charge in [0, 0.05) is 0 Å². The number of nitrogens with zero attached hydrogens (tertiary/aromatic N) is 3. The maximum absolute atomic E-state index is 5.25. The molecule has 6 nitrogen and oxygen atoms in total. The van der Waals surface area contributed by atoms with E-state index in [4.69, 9.17) is 17.2 Å². The molecule has 0 unspecified atom stereocenters. The van der Waals surface area contributed by atoms with E-state index in [1.165, 1.54) is 0 Å². The molecule has 6 N–H and O–H groups in total. The standard InChI is InChI=1S/C3H6N6S/c4-1(5)7-3-9-8-2(6)10-3/h(H2,6,8)(H4,4,5,7,9). The summed E-state index contributed by atoms with van der Waals surface area (Å²) < 4.78 is 0. The molecule has 1 heterocycles. The Kier molecular flexibility index (Phi) is 1.67. The van der Waals surface area contributed by atoms with Gasteiger partial charge in [-0.1, -0.05) is 11.3 Å². The Hall–Kier alpha value is -1.37. The first-order valence-corrected chi connectivity index (χ1v) is 3.19. The molecule has 1 aromatic rings. The van der Waals surface area contributed by atoms with Crippen LogP contribution in [0, 0.1) is 0 Å². The molecule has 0 spiro atoms. The molecule has 10 heavy (non-hydrogen) atoms. The minimum Gasteiger partial charge on any atom is -0.374 e. The minimum atomic E-state index is -0.0452. The average molecular weight is 158 g/mol. The summed E-state index contributed by atoms with van der Waals surface area (Å²) in [6.45, 7) is 0. The Morgan fingerprint density at radius 3 is 2.50 bits per heavy atom. The van der Waals surface area contributed by atoms with E-state index in [1.54, 1.807) is 0 Å². The van der Waals surface area contributed by atoms with Crippen molar-refractivity contribution < 1.29 is 0 Å². The third-order valence-electron chi connectivity index (χ3n) is 0.655. The first kappa shape index (κ1) is 6.75. The third-order valence-corrected chi connectivity index (χ3v) is 1.30. The second kappa shape index (κ2) is 2.48. The van der Waals surface area contributed by atoms with Gasteiger partial charge in [0.1, 0.15) is 0 Å². The van der Waals surface area contributed by atoms with Gasteiger partial charge in [-0.05, 0) is 0 Å². The van der Waals surface area contributed by atoms with E-state index in [9.17, 15) is 0 Å². The van der Waals surface area contributed by atoms with Gasteiger partial charge in [-0.2, -0.15) is 4.99 Å². The molecule has 0 saturated heterocycles. The molecular formula is C3H6N6S. The third kappa shape index (κ3) is 1.55. The van der Waals surface area contributed by atoms with Gasteiger partial charge in [0.15, 0.2) is 5.96 Å². The molecule has 54 valence electrons. The van der Waals surface area contributed by atoms with Gasteiger partial charge in [0.2, 0.25) is 10.3 Å². The van der Waals surface area contributed by atoms with Gasteiger partial charge in [-0.3, -0.25) is 0 Å². The monoisotopic (exact) mass is 158 g/mol. The summed E-state index contributed by atoms with van der Waals surface area (Å²) in [5.74, 6) is -0.0452. The zero-order chi connectivity index (χ0) is 7.56. The van der Waals surface area contributed by atoms with Crippen molar-refractivity contribution in [3.8, 4) is 0 Å². The lowest BCUT2D eigenvalue weighted by atomic mass is 11.0. The van der Waals surface area contributed by atoms with Crippen LogP contribution in [0.1, 0.15) is 0 Å². The van der Waals surface area contributed by atoms with Crippen LogP contribution in [-0.2, 0) is 0 Å². The number of guanidine groups is 1. The van der Waals surface area contributed by atoms with E-state index < -0.39 is 0 Å². The largest absolute Gasteiger partial charge is 0.374 e. The van der Waals surface area contributed by atoms with Crippen molar-refractivity contribution in [3.63, 3.8) is 0 Å². The number of nitrogens with two attached hydrogens (primary N) is 3. The SMILES string of the molecule is NC(N)=Nc1nnc(N)s1. The fourth-order valence-electron chi connectivity index (χ4n) is 0.382. The molecule has 0 bridgehead atoms. The second-order valence-corrected chi connectivity index (χ2v) is 2.45. The lowest BCUT2D eigenvalue weighted by Crippen LogP contribution is -2.21. The molecule has 1 aromatic heterocycles. The Balaban J connectivity index is 2.86. The van der Waals surface area contributed by atoms with Gasteiger partial charge in [0.05, 0.1) is 0 Å². The number of rotatable bonds is 1. The molecule has 1 rings (SSSR count). The molecule has 0 saturated carbocycles. The van der Waals surface area contributed by atoms with Crippen LogP contribution in [0.4, 0.5) is 10.3 Å². The van der Waals surface area contributed by atoms with Crippen LogP contribution in [0.2, 0.25) is 0 Å². The van der Waals surface area contributed by atoms with Gasteiger partial charge in [-0.15, -0.1) is 10.2 Å². The smallest absolute Gasteiger partial charge is 0.236 e. The Labute approximate surface area is 60.8 Å². The van der Waals surface area contributed by atoms with Crippen molar-refractivity contribution in [3.05, 3.63) is 0 Å². The van der Waals surface area contributed by atoms with E-state index in [0.717, 1.165) is 11.3 Å². The van der Waals surface area contributed by atoms with Crippen molar-refractivity contribution in [1.29, 1.82) is 0 Å². The van der Waals surface area contributed by atoms with E-state index in [-0.39, 0.29) is 5.96 Å². The molecule has 0 aliphatic carbocycles. The molecule has 7 heteroatoms. The zero-order valence-electron chi connectivity index (χ0n) is 4.98. The van der Waals surface area contributed by atoms with Crippen LogP contribution in [0.15, 0.2) is 4.99 Å². The maximum Gasteiger partial charge on any atom is 0.236 e. The minimum absolute atomic E-state index is 0.0452. The van der Waals surface area contributed by atoms with Crippen molar-refractivity contribution in [2.45, 2.75) is 0 Å². The predicted molar refractivity (Wildman–Crippen MR) is 39.8 cm³/mol. The predicted octanol–water partition coefficient (Wildman–Crippen LogP) is -0.975. The highest BCUT2D eigenvalue weighted by molar-refractivity contribution is 7.18. The Morgan fingerprint density at radius 2 is 2.10 bits per heavy atom. The van der Waals surface area contributed by atoms with Gasteiger partial charge in [-0.25, -0.2) is 0 Å². The molecule has 0 amide bonds. The van der Waals surface area contributed by atoms with Gasteiger partial charge < -0.3 is 17.2 Å². The van der Waals surface area contributed by atoms with Crippen LogP contribution in [-0.4, -0.2) is 16.2 Å². The lowest BCUT2D eigenvalue weighted by molar-refractivity contribution is 1.09.